The van der Waals surface area contributed by atoms with Crippen molar-refractivity contribution >= 4 is 11.8 Å². The summed E-state index contributed by atoms with van der Waals surface area (Å²) in [6, 6.07) is 17.5. The monoisotopic (exact) mass is 297 g/mol. The molecule has 0 saturated heterocycles. The number of nitrogens with one attached hydrogen (secondary N) is 1. The Morgan fingerprint density at radius 3 is 2.09 bits per heavy atom. The van der Waals surface area contributed by atoms with Crippen molar-refractivity contribution < 1.29 is 14.7 Å². The highest BCUT2D eigenvalue weighted by atomic mass is 16.4. The zero-order valence-corrected chi connectivity index (χ0v) is 12.4. The van der Waals surface area contributed by atoms with E-state index in [-0.39, 0.29) is 18.2 Å². The predicted octanol–water partition coefficient (Wildman–Crippen LogP) is 3.06. The third-order valence-corrected chi connectivity index (χ3v) is 3.50. The Kier molecular flexibility index (Phi) is 5.44. The Labute approximate surface area is 129 Å². The van der Waals surface area contributed by atoms with Crippen LogP contribution < -0.4 is 5.32 Å². The number of carboxylic acids is 1. The van der Waals surface area contributed by atoms with Gasteiger partial charge in [0.05, 0.1) is 12.5 Å². The molecule has 0 aliphatic heterocycles. The van der Waals surface area contributed by atoms with Crippen LogP contribution in [0.3, 0.4) is 0 Å². The lowest BCUT2D eigenvalue weighted by Gasteiger charge is -2.21. The van der Waals surface area contributed by atoms with Crippen molar-refractivity contribution in [3.8, 4) is 0 Å². The number of aliphatic carboxylic acids is 1. The van der Waals surface area contributed by atoms with E-state index in [4.69, 9.17) is 5.11 Å². The summed E-state index contributed by atoms with van der Waals surface area (Å²) in [7, 11) is 0. The minimum absolute atomic E-state index is 0.113. The van der Waals surface area contributed by atoms with E-state index in [1.807, 2.05) is 43.3 Å². The first-order chi connectivity index (χ1) is 10.6. The molecule has 0 fully saturated rings. The molecule has 0 bridgehead atoms. The Balaban J connectivity index is 2.16. The average Bonchev–Trinajstić information content (AvgIpc) is 2.54. The molecular formula is C18H19NO3. The van der Waals surface area contributed by atoms with E-state index in [0.29, 0.717) is 5.56 Å². The number of carbonyl (C=O) groups is 2. The van der Waals surface area contributed by atoms with Crippen molar-refractivity contribution in [1.82, 2.24) is 5.32 Å². The van der Waals surface area contributed by atoms with Crippen molar-refractivity contribution in [3.05, 3.63) is 71.8 Å². The molecule has 0 spiro atoms. The number of benzene rings is 2. The van der Waals surface area contributed by atoms with E-state index in [0.717, 1.165) is 5.56 Å². The molecule has 2 aromatic rings. The minimum Gasteiger partial charge on any atom is -0.481 e. The number of hydrogen-bond acceptors (Lipinski definition) is 3. The summed E-state index contributed by atoms with van der Waals surface area (Å²) >= 11 is 0. The molecule has 2 N–H and O–H groups in total. The highest BCUT2D eigenvalue weighted by Crippen LogP contribution is 2.15. The van der Waals surface area contributed by atoms with Gasteiger partial charge in [0.15, 0.2) is 5.78 Å². The average molecular weight is 297 g/mol. The van der Waals surface area contributed by atoms with Crippen LogP contribution in [0.2, 0.25) is 0 Å². The van der Waals surface area contributed by atoms with Gasteiger partial charge in [-0.3, -0.25) is 9.59 Å². The quantitative estimate of drug-likeness (QED) is 0.771. The molecule has 4 nitrogen and oxygen atoms in total. The van der Waals surface area contributed by atoms with Crippen molar-refractivity contribution in [2.45, 2.75) is 25.4 Å². The Morgan fingerprint density at radius 1 is 1.00 bits per heavy atom. The van der Waals surface area contributed by atoms with Crippen molar-refractivity contribution in [3.63, 3.8) is 0 Å². The number of carbonyl (C=O) groups excluding carboxylic acids is 1. The van der Waals surface area contributed by atoms with Gasteiger partial charge in [0.1, 0.15) is 0 Å². The van der Waals surface area contributed by atoms with Crippen molar-refractivity contribution in [2.75, 3.05) is 0 Å². The van der Waals surface area contributed by atoms with Gasteiger partial charge in [-0.05, 0) is 12.5 Å². The van der Waals surface area contributed by atoms with E-state index >= 15 is 0 Å². The van der Waals surface area contributed by atoms with Crippen LogP contribution in [0.1, 0.15) is 35.3 Å². The van der Waals surface area contributed by atoms with Gasteiger partial charge in [0.2, 0.25) is 0 Å². The fourth-order valence-electron chi connectivity index (χ4n) is 2.35. The van der Waals surface area contributed by atoms with Gasteiger partial charge >= 0.3 is 5.97 Å². The molecule has 2 atom stereocenters. The molecular weight excluding hydrogens is 278 g/mol. The van der Waals surface area contributed by atoms with Gasteiger partial charge in [-0.25, -0.2) is 0 Å². The lowest BCUT2D eigenvalue weighted by Crippen LogP contribution is -2.40. The third kappa shape index (κ3) is 4.27. The second-order valence-corrected chi connectivity index (χ2v) is 5.18. The standard InChI is InChI=1S/C18H19NO3/c1-13(14-8-4-2-5-9-14)19-16(12-17(20)21)18(22)15-10-6-3-7-11-15/h2-11,13,16,19H,12H2,1H3,(H,20,21). The van der Waals surface area contributed by atoms with Crippen LogP contribution in [0.4, 0.5) is 0 Å². The summed E-state index contributed by atoms with van der Waals surface area (Å²) in [4.78, 5) is 23.6. The first-order valence-electron chi connectivity index (χ1n) is 7.20. The SMILES string of the molecule is CC(NC(CC(=O)O)C(=O)c1ccccc1)c1ccccc1. The van der Waals surface area contributed by atoms with Crippen LogP contribution in [0.15, 0.2) is 60.7 Å². The molecule has 0 heterocycles. The van der Waals surface area contributed by atoms with Gasteiger partial charge in [0, 0.05) is 11.6 Å². The molecule has 0 radical (unpaired) electrons. The molecule has 22 heavy (non-hydrogen) atoms. The first-order valence-corrected chi connectivity index (χ1v) is 7.20. The summed E-state index contributed by atoms with van der Waals surface area (Å²) in [6.07, 6.45) is -0.245. The zero-order chi connectivity index (χ0) is 15.9. The normalized spacial score (nSPS) is 13.3. The van der Waals surface area contributed by atoms with Crippen molar-refractivity contribution in [1.29, 1.82) is 0 Å². The van der Waals surface area contributed by atoms with Crippen LogP contribution in [0.25, 0.3) is 0 Å². The van der Waals surface area contributed by atoms with E-state index < -0.39 is 12.0 Å². The molecule has 0 aliphatic carbocycles. The molecule has 2 rings (SSSR count). The molecule has 4 heteroatoms. The highest BCUT2D eigenvalue weighted by Gasteiger charge is 2.24. The van der Waals surface area contributed by atoms with Gasteiger partial charge in [0.25, 0.3) is 0 Å². The number of rotatable bonds is 7. The fourth-order valence-corrected chi connectivity index (χ4v) is 2.35. The summed E-state index contributed by atoms with van der Waals surface area (Å²) in [6.45, 7) is 1.92. The molecule has 114 valence electrons. The topological polar surface area (TPSA) is 66.4 Å². The second kappa shape index (κ2) is 7.52. The first kappa shape index (κ1) is 15.9. The molecule has 0 amide bonds. The molecule has 2 unspecified atom stereocenters. The van der Waals surface area contributed by atoms with E-state index in [2.05, 4.69) is 5.32 Å². The van der Waals surface area contributed by atoms with E-state index in [9.17, 15) is 9.59 Å². The molecule has 0 saturated carbocycles. The number of hydrogen-bond donors (Lipinski definition) is 2. The van der Waals surface area contributed by atoms with Crippen molar-refractivity contribution in [2.24, 2.45) is 0 Å². The maximum absolute atomic E-state index is 12.5. The van der Waals surface area contributed by atoms with Crippen LogP contribution in [0.5, 0.6) is 0 Å². The fraction of sp³-hybridized carbons (Fsp3) is 0.222. The molecule has 0 aromatic heterocycles. The summed E-state index contributed by atoms with van der Waals surface area (Å²) < 4.78 is 0. The van der Waals surface area contributed by atoms with Gasteiger partial charge in [-0.2, -0.15) is 0 Å². The summed E-state index contributed by atoms with van der Waals surface area (Å²) in [5, 5.41) is 12.2. The summed E-state index contributed by atoms with van der Waals surface area (Å²) in [5.41, 5.74) is 1.53. The Hall–Kier alpha value is -2.46. The number of ketones is 1. The van der Waals surface area contributed by atoms with Crippen LogP contribution in [-0.4, -0.2) is 22.9 Å². The second-order valence-electron chi connectivity index (χ2n) is 5.18. The number of carboxylic acid groups (broad SMARTS) is 1. The maximum atomic E-state index is 12.5. The highest BCUT2D eigenvalue weighted by molar-refractivity contribution is 6.01. The Bertz CT molecular complexity index is 625. The third-order valence-electron chi connectivity index (χ3n) is 3.50. The van der Waals surface area contributed by atoms with Crippen LogP contribution in [-0.2, 0) is 4.79 Å². The Morgan fingerprint density at radius 2 is 1.55 bits per heavy atom. The maximum Gasteiger partial charge on any atom is 0.305 e. The van der Waals surface area contributed by atoms with E-state index in [1.165, 1.54) is 0 Å². The van der Waals surface area contributed by atoms with Gasteiger partial charge < -0.3 is 10.4 Å². The van der Waals surface area contributed by atoms with Crippen LogP contribution in [0, 0.1) is 0 Å². The predicted molar refractivity (Wildman–Crippen MR) is 84.8 cm³/mol. The summed E-state index contributed by atoms with van der Waals surface area (Å²) in [5.74, 6) is -1.20. The zero-order valence-electron chi connectivity index (χ0n) is 12.4. The van der Waals surface area contributed by atoms with Gasteiger partial charge in [-0.15, -0.1) is 0 Å². The largest absolute Gasteiger partial charge is 0.481 e. The minimum atomic E-state index is -0.998. The van der Waals surface area contributed by atoms with Crippen LogP contribution >= 0.6 is 0 Å². The lowest BCUT2D eigenvalue weighted by molar-refractivity contribution is -0.137. The van der Waals surface area contributed by atoms with Gasteiger partial charge in [-0.1, -0.05) is 60.7 Å². The molecule has 0 aliphatic rings. The number of Topliss-reactive ketones (excluding diaryl/α,β-unsaturated/α-hetero) is 1. The smallest absolute Gasteiger partial charge is 0.305 e. The molecule has 2 aromatic carbocycles. The lowest BCUT2D eigenvalue weighted by atomic mass is 9.99. The van der Waals surface area contributed by atoms with E-state index in [1.54, 1.807) is 24.3 Å².